The average molecular weight is 1140 g/mol. The molecule has 1 rings (SSSR count). The number of hydrogen-bond acceptors (Lipinski definition) is 8. The minimum atomic E-state index is -1.59. The highest BCUT2D eigenvalue weighted by atomic mass is 16.7. The largest absolute Gasteiger partial charge is 0.394 e. The maximum absolute atomic E-state index is 13.1. The normalized spacial score (nSPS) is 19.5. The van der Waals surface area contributed by atoms with E-state index in [9.17, 15) is 30.3 Å². The van der Waals surface area contributed by atoms with Crippen LogP contribution in [-0.2, 0) is 14.3 Å². The number of rotatable bonds is 53. The molecule has 0 aromatic heterocycles. The molecule has 7 atom stereocenters. The van der Waals surface area contributed by atoms with Crippen LogP contribution in [-0.4, -0.2) is 87.5 Å². The van der Waals surface area contributed by atoms with Crippen molar-refractivity contribution in [3.8, 4) is 0 Å². The zero-order valence-corrected chi connectivity index (χ0v) is 51.4. The van der Waals surface area contributed by atoms with Gasteiger partial charge in [-0.3, -0.25) is 4.79 Å². The van der Waals surface area contributed by atoms with Crippen molar-refractivity contribution in [3.63, 3.8) is 0 Å². The van der Waals surface area contributed by atoms with Crippen LogP contribution in [0.3, 0.4) is 0 Å². The standard InChI is InChI=1S/C73H117NO8/c1-3-5-7-9-11-13-15-17-19-21-23-25-27-28-29-30-31-32-33-34-35-36-37-38-39-40-41-43-45-47-49-51-53-55-57-59-61-63-69(77)74-66(65-81-73-72(80)71(79)70(78)68(64-75)82-73)67(76)62-60-58-56-54-52-50-48-46-44-42-26-24-22-20-18-16-14-12-10-8-6-4-2/h5,7,11,13,17,19,23,25,28-29,31-32,34-35,37-38,40-41,44-47,51-54,60,62,66-68,70-73,75-76,78-80H,3-4,6,8-10,12,14-16,18,20-22,24,26-27,30,33,36,39,42-43,48-50,55-59,61,63-65H2,1-2H3,(H,74,77)/b7-5-,13-11-,19-17-,25-23-,29-28-,32-31-,35-34-,38-37-,41-40-,46-44+,47-45-,53-51-,54-52+,62-60+. The Hall–Kier alpha value is -4.45. The van der Waals surface area contributed by atoms with Gasteiger partial charge in [0.1, 0.15) is 24.4 Å². The number of amides is 1. The van der Waals surface area contributed by atoms with Crippen LogP contribution < -0.4 is 5.32 Å². The zero-order chi connectivity index (χ0) is 59.3. The third-order valence-electron chi connectivity index (χ3n) is 14.0. The number of unbranched alkanes of at least 4 members (excludes halogenated alkanes) is 17. The summed E-state index contributed by atoms with van der Waals surface area (Å²) in [6.07, 6.45) is 88.6. The predicted molar refractivity (Wildman–Crippen MR) is 349 cm³/mol. The lowest BCUT2D eigenvalue weighted by molar-refractivity contribution is -0.302. The summed E-state index contributed by atoms with van der Waals surface area (Å²) in [7, 11) is 0. The van der Waals surface area contributed by atoms with E-state index < -0.39 is 49.5 Å². The third-order valence-corrected chi connectivity index (χ3v) is 14.0. The number of carbonyl (C=O) groups excluding carboxylic acids is 1. The lowest BCUT2D eigenvalue weighted by atomic mass is 9.99. The first-order chi connectivity index (χ1) is 40.3. The van der Waals surface area contributed by atoms with Crippen molar-refractivity contribution in [2.45, 2.75) is 269 Å². The summed E-state index contributed by atoms with van der Waals surface area (Å²) in [6, 6.07) is -0.861. The van der Waals surface area contributed by atoms with E-state index in [0.717, 1.165) is 116 Å². The Morgan fingerprint density at radius 1 is 0.427 bits per heavy atom. The van der Waals surface area contributed by atoms with Gasteiger partial charge >= 0.3 is 0 Å². The van der Waals surface area contributed by atoms with Crippen LogP contribution in [0.25, 0.3) is 0 Å². The molecule has 462 valence electrons. The molecule has 0 aromatic carbocycles. The van der Waals surface area contributed by atoms with Crippen LogP contribution in [0, 0.1) is 0 Å². The van der Waals surface area contributed by atoms with E-state index in [-0.39, 0.29) is 18.9 Å². The Kier molecular flexibility index (Phi) is 55.0. The van der Waals surface area contributed by atoms with Crippen molar-refractivity contribution in [1.82, 2.24) is 5.32 Å². The second kappa shape index (κ2) is 59.7. The van der Waals surface area contributed by atoms with E-state index in [4.69, 9.17) is 9.47 Å². The molecule has 6 N–H and O–H groups in total. The zero-order valence-electron chi connectivity index (χ0n) is 51.4. The molecule has 1 aliphatic rings. The summed E-state index contributed by atoms with van der Waals surface area (Å²) < 4.78 is 11.3. The average Bonchev–Trinajstić information content (AvgIpc) is 3.59. The van der Waals surface area contributed by atoms with Gasteiger partial charge in [-0.2, -0.15) is 0 Å². The van der Waals surface area contributed by atoms with Crippen LogP contribution in [0.15, 0.2) is 170 Å². The highest BCUT2D eigenvalue weighted by Crippen LogP contribution is 2.23. The van der Waals surface area contributed by atoms with Crippen molar-refractivity contribution in [2.24, 2.45) is 0 Å². The lowest BCUT2D eigenvalue weighted by Crippen LogP contribution is -2.60. The van der Waals surface area contributed by atoms with Crippen LogP contribution >= 0.6 is 0 Å². The van der Waals surface area contributed by atoms with Crippen molar-refractivity contribution in [2.75, 3.05) is 13.2 Å². The minimum absolute atomic E-state index is 0.229. The molecular formula is C73H117NO8. The van der Waals surface area contributed by atoms with Gasteiger partial charge in [0.15, 0.2) is 6.29 Å². The van der Waals surface area contributed by atoms with Crippen molar-refractivity contribution >= 4 is 5.91 Å². The van der Waals surface area contributed by atoms with Gasteiger partial charge in [-0.05, 0) is 128 Å². The summed E-state index contributed by atoms with van der Waals surface area (Å²) in [6.45, 7) is 3.62. The van der Waals surface area contributed by atoms with Gasteiger partial charge in [-0.25, -0.2) is 0 Å². The summed E-state index contributed by atoms with van der Waals surface area (Å²) in [4.78, 5) is 13.1. The Balaban J connectivity index is 2.27. The molecule has 1 amide bonds. The van der Waals surface area contributed by atoms with E-state index in [1.807, 2.05) is 6.08 Å². The highest BCUT2D eigenvalue weighted by Gasteiger charge is 2.44. The molecule has 0 aliphatic carbocycles. The topological polar surface area (TPSA) is 149 Å². The quantitative estimate of drug-likeness (QED) is 0.0261. The first kappa shape index (κ1) is 75.6. The fourth-order valence-corrected chi connectivity index (χ4v) is 8.96. The number of nitrogens with one attached hydrogen (secondary N) is 1. The number of ether oxygens (including phenoxy) is 2. The first-order valence-electron chi connectivity index (χ1n) is 32.4. The molecule has 0 radical (unpaired) electrons. The minimum Gasteiger partial charge on any atom is -0.394 e. The number of allylic oxidation sites excluding steroid dienone is 27. The van der Waals surface area contributed by atoms with E-state index in [0.29, 0.717) is 12.8 Å². The molecule has 0 spiro atoms. The third kappa shape index (κ3) is 48.0. The van der Waals surface area contributed by atoms with Crippen molar-refractivity contribution < 1.29 is 39.8 Å². The summed E-state index contributed by atoms with van der Waals surface area (Å²) >= 11 is 0. The van der Waals surface area contributed by atoms with Gasteiger partial charge in [0.05, 0.1) is 25.4 Å². The molecule has 9 nitrogen and oxygen atoms in total. The van der Waals surface area contributed by atoms with Gasteiger partial charge in [0.25, 0.3) is 0 Å². The molecule has 82 heavy (non-hydrogen) atoms. The molecule has 0 bridgehead atoms. The van der Waals surface area contributed by atoms with Crippen molar-refractivity contribution in [1.29, 1.82) is 0 Å². The molecule has 1 fully saturated rings. The summed E-state index contributed by atoms with van der Waals surface area (Å²) in [5, 5.41) is 54.6. The molecule has 7 unspecified atom stereocenters. The molecular weight excluding hydrogens is 1020 g/mol. The maximum atomic E-state index is 13.1. The Morgan fingerprint density at radius 3 is 1.17 bits per heavy atom. The van der Waals surface area contributed by atoms with E-state index in [2.05, 4.69) is 177 Å². The molecule has 0 aromatic rings. The van der Waals surface area contributed by atoms with E-state index in [1.54, 1.807) is 6.08 Å². The molecule has 1 heterocycles. The van der Waals surface area contributed by atoms with Gasteiger partial charge in [0, 0.05) is 6.42 Å². The SMILES string of the molecule is CC/C=C\C/C=C\C/C=C\C/C=C\C/C=C\C/C=C\C/C=C\C/C=C\C/C=C\C/C=C\C/C=C\CCCCCC(=O)NC(COC1OC(CO)C(O)C(O)C1O)C(O)/C=C/CC/C=C/CC/C=C/CCCCCCCCCCCCCC. The molecule has 1 aliphatic heterocycles. The van der Waals surface area contributed by atoms with Crippen LogP contribution in [0.5, 0.6) is 0 Å². The van der Waals surface area contributed by atoms with Gasteiger partial charge in [-0.15, -0.1) is 0 Å². The van der Waals surface area contributed by atoms with Crippen LogP contribution in [0.2, 0.25) is 0 Å². The number of aliphatic hydroxyl groups is 5. The maximum Gasteiger partial charge on any atom is 0.220 e. The predicted octanol–water partition coefficient (Wildman–Crippen LogP) is 17.3. The first-order valence-corrected chi connectivity index (χ1v) is 32.4. The highest BCUT2D eigenvalue weighted by molar-refractivity contribution is 5.76. The van der Waals surface area contributed by atoms with Crippen LogP contribution in [0.1, 0.15) is 226 Å². The van der Waals surface area contributed by atoms with Crippen molar-refractivity contribution in [3.05, 3.63) is 170 Å². The van der Waals surface area contributed by atoms with Gasteiger partial charge in [0.2, 0.25) is 5.91 Å². The van der Waals surface area contributed by atoms with E-state index in [1.165, 1.54) is 77.0 Å². The second-order valence-corrected chi connectivity index (χ2v) is 21.4. The van der Waals surface area contributed by atoms with Crippen LogP contribution in [0.4, 0.5) is 0 Å². The monoisotopic (exact) mass is 1140 g/mol. The smallest absolute Gasteiger partial charge is 0.220 e. The Morgan fingerprint density at radius 2 is 0.768 bits per heavy atom. The van der Waals surface area contributed by atoms with Gasteiger partial charge in [-0.1, -0.05) is 261 Å². The number of aliphatic hydroxyl groups excluding tert-OH is 5. The van der Waals surface area contributed by atoms with E-state index >= 15 is 0 Å². The second-order valence-electron chi connectivity index (χ2n) is 21.4. The Bertz CT molecular complexity index is 1890. The number of carbonyl (C=O) groups is 1. The fraction of sp³-hybridized carbons (Fsp3) is 0.603. The number of hydrogen-bond donors (Lipinski definition) is 6. The lowest BCUT2D eigenvalue weighted by Gasteiger charge is -2.40. The Labute approximate surface area is 500 Å². The summed E-state index contributed by atoms with van der Waals surface area (Å²) in [5.41, 5.74) is 0. The molecule has 0 saturated carbocycles. The molecule has 1 saturated heterocycles. The van der Waals surface area contributed by atoms with Gasteiger partial charge < -0.3 is 40.3 Å². The fourth-order valence-electron chi connectivity index (χ4n) is 8.96. The summed E-state index contributed by atoms with van der Waals surface area (Å²) in [5.74, 6) is -0.229. The molecule has 9 heteroatoms.